The lowest BCUT2D eigenvalue weighted by molar-refractivity contribution is 0.0696. The van der Waals surface area contributed by atoms with Crippen molar-refractivity contribution in [2.24, 2.45) is 0 Å². The Bertz CT molecular complexity index is 596. The van der Waals surface area contributed by atoms with Gasteiger partial charge < -0.3 is 10.0 Å². The molecular formula is C16H20N2O2S. The average molecular weight is 304 g/mol. The summed E-state index contributed by atoms with van der Waals surface area (Å²) in [6, 6.07) is 7.45. The van der Waals surface area contributed by atoms with E-state index in [9.17, 15) is 9.90 Å². The van der Waals surface area contributed by atoms with E-state index < -0.39 is 5.97 Å². The second kappa shape index (κ2) is 7.22. The SMILES string of the molecule is CCCc1cc(C(=O)O)cc(N(CC)Cc2cccs2)n1. The predicted molar refractivity (Wildman–Crippen MR) is 86.2 cm³/mol. The number of aryl methyl sites for hydroxylation is 1. The summed E-state index contributed by atoms with van der Waals surface area (Å²) in [4.78, 5) is 19.3. The molecule has 1 N–H and O–H groups in total. The number of rotatable bonds is 7. The predicted octanol–water partition coefficient (Wildman–Crippen LogP) is 3.82. The van der Waals surface area contributed by atoms with E-state index in [1.54, 1.807) is 23.5 Å². The van der Waals surface area contributed by atoms with Crippen molar-refractivity contribution < 1.29 is 9.90 Å². The van der Waals surface area contributed by atoms with Gasteiger partial charge >= 0.3 is 5.97 Å². The Hall–Kier alpha value is -1.88. The average Bonchev–Trinajstić information content (AvgIpc) is 2.97. The van der Waals surface area contributed by atoms with Crippen molar-refractivity contribution in [3.8, 4) is 0 Å². The maximum absolute atomic E-state index is 11.3. The fourth-order valence-electron chi connectivity index (χ4n) is 2.19. The minimum Gasteiger partial charge on any atom is -0.478 e. The quantitative estimate of drug-likeness (QED) is 0.845. The van der Waals surface area contributed by atoms with E-state index in [0.29, 0.717) is 5.56 Å². The monoisotopic (exact) mass is 304 g/mol. The molecule has 0 saturated heterocycles. The summed E-state index contributed by atoms with van der Waals surface area (Å²) in [5.41, 5.74) is 1.16. The van der Waals surface area contributed by atoms with E-state index >= 15 is 0 Å². The maximum atomic E-state index is 11.3. The summed E-state index contributed by atoms with van der Waals surface area (Å²) in [5, 5.41) is 11.3. The van der Waals surface area contributed by atoms with Gasteiger partial charge in [-0.15, -0.1) is 11.3 Å². The first-order valence-electron chi connectivity index (χ1n) is 7.15. The number of carboxylic acid groups (broad SMARTS) is 1. The van der Waals surface area contributed by atoms with Gasteiger partial charge in [-0.2, -0.15) is 0 Å². The van der Waals surface area contributed by atoms with Crippen LogP contribution in [-0.4, -0.2) is 22.6 Å². The third-order valence-electron chi connectivity index (χ3n) is 3.25. The summed E-state index contributed by atoms with van der Waals surface area (Å²) >= 11 is 1.70. The normalized spacial score (nSPS) is 10.6. The highest BCUT2D eigenvalue weighted by atomic mass is 32.1. The van der Waals surface area contributed by atoms with Crippen molar-refractivity contribution in [3.05, 3.63) is 45.8 Å². The van der Waals surface area contributed by atoms with Gasteiger partial charge in [0.2, 0.25) is 0 Å². The molecule has 0 amide bonds. The van der Waals surface area contributed by atoms with Gasteiger partial charge in [0, 0.05) is 17.1 Å². The summed E-state index contributed by atoms with van der Waals surface area (Å²) in [5.74, 6) is -0.155. The fraction of sp³-hybridized carbons (Fsp3) is 0.375. The van der Waals surface area contributed by atoms with Crippen LogP contribution in [0.3, 0.4) is 0 Å². The number of aromatic carboxylic acids is 1. The zero-order chi connectivity index (χ0) is 15.2. The van der Waals surface area contributed by atoms with Gasteiger partial charge in [-0.3, -0.25) is 0 Å². The van der Waals surface area contributed by atoms with Crippen molar-refractivity contribution in [2.45, 2.75) is 33.2 Å². The van der Waals surface area contributed by atoms with Crippen molar-refractivity contribution >= 4 is 23.1 Å². The van der Waals surface area contributed by atoms with Gasteiger partial charge in [0.1, 0.15) is 5.82 Å². The van der Waals surface area contributed by atoms with Gasteiger partial charge in [0.25, 0.3) is 0 Å². The first-order chi connectivity index (χ1) is 10.1. The minimum absolute atomic E-state index is 0.313. The molecule has 2 aromatic rings. The summed E-state index contributed by atoms with van der Waals surface area (Å²) in [6.07, 6.45) is 1.75. The molecule has 2 aromatic heterocycles. The lowest BCUT2D eigenvalue weighted by atomic mass is 10.1. The van der Waals surface area contributed by atoms with Crippen LogP contribution in [0.1, 0.15) is 41.2 Å². The number of carbonyl (C=O) groups is 1. The molecule has 0 spiro atoms. The number of hydrogen-bond donors (Lipinski definition) is 1. The van der Waals surface area contributed by atoms with Crippen molar-refractivity contribution in [3.63, 3.8) is 0 Å². The maximum Gasteiger partial charge on any atom is 0.335 e. The molecule has 112 valence electrons. The smallest absolute Gasteiger partial charge is 0.335 e. The fourth-order valence-corrected chi connectivity index (χ4v) is 2.91. The van der Waals surface area contributed by atoms with Crippen LogP contribution in [-0.2, 0) is 13.0 Å². The Morgan fingerprint density at radius 3 is 2.76 bits per heavy atom. The van der Waals surface area contributed by atoms with Crippen molar-refractivity contribution in [1.82, 2.24) is 4.98 Å². The molecule has 0 aromatic carbocycles. The van der Waals surface area contributed by atoms with E-state index in [0.717, 1.165) is 37.4 Å². The lowest BCUT2D eigenvalue weighted by Gasteiger charge is -2.22. The number of carboxylic acids is 1. The van der Waals surface area contributed by atoms with E-state index in [1.807, 2.05) is 11.4 Å². The largest absolute Gasteiger partial charge is 0.478 e. The number of aromatic nitrogens is 1. The topological polar surface area (TPSA) is 53.4 Å². The Kier molecular flexibility index (Phi) is 5.33. The van der Waals surface area contributed by atoms with Crippen LogP contribution in [0.5, 0.6) is 0 Å². The van der Waals surface area contributed by atoms with Gasteiger partial charge in [-0.1, -0.05) is 19.4 Å². The Morgan fingerprint density at radius 2 is 2.19 bits per heavy atom. The minimum atomic E-state index is -0.900. The van der Waals surface area contributed by atoms with Crippen LogP contribution < -0.4 is 4.90 Å². The zero-order valence-electron chi connectivity index (χ0n) is 12.4. The zero-order valence-corrected chi connectivity index (χ0v) is 13.2. The molecule has 0 atom stereocenters. The van der Waals surface area contributed by atoms with E-state index in [-0.39, 0.29) is 0 Å². The van der Waals surface area contributed by atoms with Gasteiger partial charge in [-0.25, -0.2) is 9.78 Å². The van der Waals surface area contributed by atoms with E-state index in [2.05, 4.69) is 29.8 Å². The lowest BCUT2D eigenvalue weighted by Crippen LogP contribution is -2.23. The first kappa shape index (κ1) is 15.5. The summed E-state index contributed by atoms with van der Waals surface area (Å²) < 4.78 is 0. The highest BCUT2D eigenvalue weighted by Crippen LogP contribution is 2.20. The second-order valence-electron chi connectivity index (χ2n) is 4.85. The molecule has 0 radical (unpaired) electrons. The van der Waals surface area contributed by atoms with Gasteiger partial charge in [-0.05, 0) is 36.9 Å². The molecule has 0 aliphatic rings. The number of anilines is 1. The van der Waals surface area contributed by atoms with Gasteiger partial charge in [0.05, 0.1) is 12.1 Å². The van der Waals surface area contributed by atoms with Crippen LogP contribution in [0.25, 0.3) is 0 Å². The van der Waals surface area contributed by atoms with Crippen molar-refractivity contribution in [2.75, 3.05) is 11.4 Å². The molecule has 0 unspecified atom stereocenters. The van der Waals surface area contributed by atoms with Crippen LogP contribution in [0.15, 0.2) is 29.6 Å². The standard InChI is InChI=1S/C16H20N2O2S/c1-3-6-13-9-12(16(19)20)10-15(17-13)18(4-2)11-14-7-5-8-21-14/h5,7-10H,3-4,6,11H2,1-2H3,(H,19,20). The third kappa shape index (κ3) is 4.04. The van der Waals surface area contributed by atoms with Gasteiger partial charge in [0.15, 0.2) is 0 Å². The summed E-state index contributed by atoms with van der Waals surface area (Å²) in [7, 11) is 0. The molecule has 0 saturated carbocycles. The Morgan fingerprint density at radius 1 is 1.38 bits per heavy atom. The summed E-state index contributed by atoms with van der Waals surface area (Å²) in [6.45, 7) is 5.68. The highest BCUT2D eigenvalue weighted by Gasteiger charge is 2.13. The van der Waals surface area contributed by atoms with E-state index in [1.165, 1.54) is 4.88 Å². The van der Waals surface area contributed by atoms with E-state index in [4.69, 9.17) is 0 Å². The number of thiophene rings is 1. The third-order valence-corrected chi connectivity index (χ3v) is 4.11. The highest BCUT2D eigenvalue weighted by molar-refractivity contribution is 7.09. The number of nitrogens with zero attached hydrogens (tertiary/aromatic N) is 2. The number of hydrogen-bond acceptors (Lipinski definition) is 4. The second-order valence-corrected chi connectivity index (χ2v) is 5.89. The molecule has 0 aliphatic heterocycles. The Balaban J connectivity index is 2.32. The van der Waals surface area contributed by atoms with Crippen LogP contribution in [0.4, 0.5) is 5.82 Å². The molecule has 5 heteroatoms. The molecule has 21 heavy (non-hydrogen) atoms. The molecule has 0 bridgehead atoms. The first-order valence-corrected chi connectivity index (χ1v) is 8.03. The van der Waals surface area contributed by atoms with Crippen LogP contribution in [0.2, 0.25) is 0 Å². The molecule has 2 rings (SSSR count). The van der Waals surface area contributed by atoms with Crippen LogP contribution in [0, 0.1) is 0 Å². The molecule has 2 heterocycles. The molecule has 4 nitrogen and oxygen atoms in total. The molecule has 0 fully saturated rings. The van der Waals surface area contributed by atoms with Crippen molar-refractivity contribution in [1.29, 1.82) is 0 Å². The molecular weight excluding hydrogens is 284 g/mol. The Labute approximate surface area is 129 Å². The van der Waals surface area contributed by atoms with Crippen LogP contribution >= 0.6 is 11.3 Å². The molecule has 0 aliphatic carbocycles. The number of pyridine rings is 1.